The third-order valence-corrected chi connectivity index (χ3v) is 5.53. The minimum Gasteiger partial charge on any atom is -0.411 e. The molecule has 0 atom stereocenters. The number of aliphatic hydroxyl groups is 2. The van der Waals surface area contributed by atoms with Gasteiger partial charge in [-0.2, -0.15) is 0 Å². The smallest absolute Gasteiger partial charge is 0.199 e. The predicted molar refractivity (Wildman–Crippen MR) is 199 cm³/mol. The van der Waals surface area contributed by atoms with E-state index in [4.69, 9.17) is 29.7 Å². The van der Waals surface area contributed by atoms with Crippen molar-refractivity contribution in [2.45, 2.75) is 14.0 Å². The van der Waals surface area contributed by atoms with Crippen LogP contribution in [0, 0.1) is 12.3 Å². The number of terminal acetylenes is 1. The zero-order valence-electron chi connectivity index (χ0n) is 26.7. The van der Waals surface area contributed by atoms with Gasteiger partial charge in [0.1, 0.15) is 30.9 Å². The average Bonchev–Trinajstić information content (AvgIpc) is 3.89. The first-order valence-electron chi connectivity index (χ1n) is 14.2. The molecule has 51 heavy (non-hydrogen) atoms. The fourth-order valence-electron chi connectivity index (χ4n) is 3.36. The van der Waals surface area contributed by atoms with Crippen LogP contribution in [0.4, 0.5) is 0 Å². The van der Waals surface area contributed by atoms with Crippen LogP contribution in [0.3, 0.4) is 0 Å². The lowest BCUT2D eigenvalue weighted by molar-refractivity contribution is 0.109. The number of nitrogens with two attached hydrogens (primary N) is 1. The Morgan fingerprint density at radius 2 is 1.10 bits per heavy atom. The van der Waals surface area contributed by atoms with Gasteiger partial charge in [-0.05, 0) is 5.56 Å². The molecule has 0 radical (unpaired) electrons. The molecule has 4 aromatic carbocycles. The van der Waals surface area contributed by atoms with Gasteiger partial charge < -0.3 is 29.7 Å². The molecule has 0 bridgehead atoms. The molecule has 13 heteroatoms. The van der Waals surface area contributed by atoms with E-state index < -0.39 is 0 Å². The summed E-state index contributed by atoms with van der Waals surface area (Å²) in [5.41, 5.74) is 5.00. The SMILES string of the molecule is C.C#CCO.Cl.NO.O/N=C\c1ccccc1.O=Cc1cc(-c2ccccc2)no1.O=Cc1ccccc1.OCc1cc(-c2ccccc2)no1. The number of aldehydes is 2. The molecule has 0 saturated carbocycles. The first kappa shape index (κ1) is 46.9. The quantitative estimate of drug-likeness (QED) is 0.0390. The standard InChI is InChI=1S/C10H9NO2.C10H7NO2.C7H7NO.C7H6O.C3H4O.CH4.ClH.H3NO/c2*12-7-9-6-10(11-13-9)8-4-2-1-3-5-8;9-8-6-7-4-2-1-3-5-7;8-6-7-4-2-1-3-5-7;1-2-3-4;;;1-2/h1-6,12H,7H2;1-7H;1-6,9H;1-6H;1,4H,3H2;1H4;1H;2H,1H2/b;;8-6-;;;;;. The van der Waals surface area contributed by atoms with E-state index in [-0.39, 0.29) is 38.8 Å². The molecular weight excluding hydrogens is 676 g/mol. The van der Waals surface area contributed by atoms with Gasteiger partial charge in [0.15, 0.2) is 17.8 Å². The molecule has 0 fully saturated rings. The minimum absolute atomic E-state index is 0. The highest BCUT2D eigenvalue weighted by Crippen LogP contribution is 2.18. The average molecular weight is 717 g/mol. The number of benzene rings is 4. The Hall–Kier alpha value is -6.20. The third kappa shape index (κ3) is 20.0. The number of aromatic nitrogens is 2. The van der Waals surface area contributed by atoms with Crippen LogP contribution >= 0.6 is 12.4 Å². The summed E-state index contributed by atoms with van der Waals surface area (Å²) in [6, 6.07) is 41.1. The van der Waals surface area contributed by atoms with Gasteiger partial charge in [0, 0.05) is 28.8 Å². The maximum absolute atomic E-state index is 10.3. The van der Waals surface area contributed by atoms with Crippen LogP contribution in [-0.2, 0) is 6.61 Å². The Labute approximate surface area is 302 Å². The Morgan fingerprint density at radius 1 is 0.686 bits per heavy atom. The Morgan fingerprint density at radius 3 is 1.43 bits per heavy atom. The molecule has 2 heterocycles. The van der Waals surface area contributed by atoms with Gasteiger partial charge in [0.25, 0.3) is 0 Å². The first-order valence-corrected chi connectivity index (χ1v) is 14.2. The molecule has 0 aliphatic carbocycles. The summed E-state index contributed by atoms with van der Waals surface area (Å²) < 4.78 is 9.62. The topological polar surface area (TPSA) is 206 Å². The number of oxime groups is 1. The monoisotopic (exact) mass is 716 g/mol. The fourth-order valence-corrected chi connectivity index (χ4v) is 3.36. The number of nitrogens with zero attached hydrogens (tertiary/aromatic N) is 3. The van der Waals surface area contributed by atoms with Crippen molar-refractivity contribution in [3.05, 3.63) is 156 Å². The van der Waals surface area contributed by atoms with E-state index in [0.29, 0.717) is 17.7 Å². The molecule has 0 unspecified atom stereocenters. The summed E-state index contributed by atoms with van der Waals surface area (Å²) in [6.07, 6.45) is 7.39. The summed E-state index contributed by atoms with van der Waals surface area (Å²) in [4.78, 5) is 20.3. The highest BCUT2D eigenvalue weighted by molar-refractivity contribution is 5.85. The van der Waals surface area contributed by atoms with Crippen LogP contribution in [0.5, 0.6) is 0 Å². The molecule has 6 N–H and O–H groups in total. The van der Waals surface area contributed by atoms with E-state index in [9.17, 15) is 9.59 Å². The van der Waals surface area contributed by atoms with Crippen molar-refractivity contribution in [3.8, 4) is 34.9 Å². The summed E-state index contributed by atoms with van der Waals surface area (Å²) in [7, 11) is 0. The van der Waals surface area contributed by atoms with Crippen molar-refractivity contribution in [2.75, 3.05) is 6.61 Å². The van der Waals surface area contributed by atoms with Crippen LogP contribution in [0.1, 0.15) is 39.7 Å². The Kier molecular flexibility index (Phi) is 28.6. The maximum atomic E-state index is 10.3. The zero-order chi connectivity index (χ0) is 36.0. The lowest BCUT2D eigenvalue weighted by Crippen LogP contribution is -1.76. The molecular formula is C38H41ClN4O8. The third-order valence-electron chi connectivity index (χ3n) is 5.53. The molecule has 2 aromatic heterocycles. The number of hydrogen-bond acceptors (Lipinski definition) is 12. The van der Waals surface area contributed by atoms with E-state index in [1.165, 1.54) is 6.21 Å². The number of carbonyl (C=O) groups excluding carboxylic acids is 2. The number of carbonyl (C=O) groups is 2. The Bertz CT molecular complexity index is 1760. The second-order valence-electron chi connectivity index (χ2n) is 8.85. The van der Waals surface area contributed by atoms with E-state index >= 15 is 0 Å². The van der Waals surface area contributed by atoms with Crippen molar-refractivity contribution < 1.29 is 39.3 Å². The molecule has 0 aliphatic heterocycles. The first-order chi connectivity index (χ1) is 24.1. The molecule has 12 nitrogen and oxygen atoms in total. The summed E-state index contributed by atoms with van der Waals surface area (Å²) in [6.45, 7) is -0.264. The van der Waals surface area contributed by atoms with Crippen LogP contribution in [0.25, 0.3) is 22.5 Å². The minimum atomic E-state index is -0.153. The van der Waals surface area contributed by atoms with Crippen LogP contribution in [0.2, 0.25) is 0 Å². The predicted octanol–water partition coefficient (Wildman–Crippen LogP) is 6.99. The van der Waals surface area contributed by atoms with Crippen molar-refractivity contribution in [1.82, 2.24) is 10.3 Å². The van der Waals surface area contributed by atoms with Gasteiger partial charge in [-0.15, -0.1) is 18.8 Å². The lowest BCUT2D eigenvalue weighted by Gasteiger charge is -1.91. The zero-order valence-corrected chi connectivity index (χ0v) is 27.5. The summed E-state index contributed by atoms with van der Waals surface area (Å²) in [5.74, 6) is 6.22. The fraction of sp³-hybridized carbons (Fsp3) is 0.0789. The van der Waals surface area contributed by atoms with Gasteiger partial charge >= 0.3 is 0 Å². The molecule has 6 aromatic rings. The number of aliphatic hydroxyl groups excluding tert-OH is 2. The molecule has 6 rings (SSSR count). The van der Waals surface area contributed by atoms with E-state index in [2.05, 4.69) is 27.8 Å². The number of halogens is 1. The van der Waals surface area contributed by atoms with Gasteiger partial charge in [-0.3, -0.25) is 9.59 Å². The van der Waals surface area contributed by atoms with Gasteiger partial charge in [-0.25, -0.2) is 5.90 Å². The molecule has 0 spiro atoms. The van der Waals surface area contributed by atoms with Crippen LogP contribution in [-0.4, -0.2) is 56.3 Å². The lowest BCUT2D eigenvalue weighted by atomic mass is 10.1. The van der Waals surface area contributed by atoms with E-state index in [1.54, 1.807) is 24.3 Å². The van der Waals surface area contributed by atoms with Crippen LogP contribution < -0.4 is 5.90 Å². The van der Waals surface area contributed by atoms with Crippen LogP contribution in [0.15, 0.2) is 148 Å². The van der Waals surface area contributed by atoms with Crippen molar-refractivity contribution in [3.63, 3.8) is 0 Å². The van der Waals surface area contributed by atoms with Crippen molar-refractivity contribution >= 4 is 31.2 Å². The molecule has 268 valence electrons. The van der Waals surface area contributed by atoms with Gasteiger partial charge in [0.05, 0.1) is 6.21 Å². The van der Waals surface area contributed by atoms with E-state index in [0.717, 1.165) is 34.2 Å². The summed E-state index contributed by atoms with van der Waals surface area (Å²) in [5, 5.41) is 41.4. The highest BCUT2D eigenvalue weighted by Gasteiger charge is 2.04. The Balaban J connectivity index is 0. The summed E-state index contributed by atoms with van der Waals surface area (Å²) >= 11 is 0. The molecule has 0 saturated heterocycles. The highest BCUT2D eigenvalue weighted by atomic mass is 35.5. The maximum Gasteiger partial charge on any atom is 0.199 e. The van der Waals surface area contributed by atoms with Gasteiger partial charge in [-0.1, -0.05) is 150 Å². The van der Waals surface area contributed by atoms with Crippen molar-refractivity contribution in [2.24, 2.45) is 11.1 Å². The second kappa shape index (κ2) is 31.1. The number of rotatable bonds is 6. The molecule has 0 amide bonds. The molecule has 0 aliphatic rings. The van der Waals surface area contributed by atoms with E-state index in [1.807, 2.05) is 115 Å². The van der Waals surface area contributed by atoms with Gasteiger partial charge in [0.2, 0.25) is 0 Å². The largest absolute Gasteiger partial charge is 0.411 e. The second-order valence-corrected chi connectivity index (χ2v) is 8.85. The normalized spacial score (nSPS) is 8.76. The van der Waals surface area contributed by atoms with Crippen molar-refractivity contribution in [1.29, 1.82) is 0 Å². The number of hydrogen-bond donors (Lipinski definition) is 5.